The van der Waals surface area contributed by atoms with Crippen LogP contribution in [0.25, 0.3) is 16.3 Å². The van der Waals surface area contributed by atoms with Gasteiger partial charge in [-0.15, -0.1) is 11.3 Å². The predicted octanol–water partition coefficient (Wildman–Crippen LogP) is 3.56. The quantitative estimate of drug-likeness (QED) is 0.568. The average Bonchev–Trinajstić information content (AvgIpc) is 3.44. The van der Waals surface area contributed by atoms with Crippen molar-refractivity contribution < 1.29 is 9.32 Å². The van der Waals surface area contributed by atoms with Crippen LogP contribution in [0.15, 0.2) is 70.8 Å². The van der Waals surface area contributed by atoms with E-state index in [4.69, 9.17) is 4.52 Å². The van der Waals surface area contributed by atoms with Gasteiger partial charge >= 0.3 is 0 Å². The Balaban J connectivity index is 1.31. The van der Waals surface area contributed by atoms with Crippen molar-refractivity contribution in [2.75, 3.05) is 6.54 Å². The van der Waals surface area contributed by atoms with Gasteiger partial charge in [0, 0.05) is 25.0 Å². The Labute approximate surface area is 154 Å². The lowest BCUT2D eigenvalue weighted by Gasteiger charge is -2.05. The maximum Gasteiger partial charge on any atom is 0.273 e. The van der Waals surface area contributed by atoms with Crippen molar-refractivity contribution in [1.29, 1.82) is 0 Å². The number of carbonyl (C=O) groups excluding carboxylic acids is 1. The third kappa shape index (κ3) is 3.57. The maximum absolute atomic E-state index is 12.2. The molecule has 0 aliphatic rings. The van der Waals surface area contributed by atoms with Gasteiger partial charge in [-0.05, 0) is 41.6 Å². The fourth-order valence-corrected chi connectivity index (χ4v) is 3.24. The van der Waals surface area contributed by atoms with Crippen molar-refractivity contribution in [3.8, 4) is 16.3 Å². The smallest absolute Gasteiger partial charge is 0.273 e. The molecule has 0 spiro atoms. The molecule has 0 aliphatic carbocycles. The van der Waals surface area contributed by atoms with Gasteiger partial charge in [0.2, 0.25) is 0 Å². The largest absolute Gasteiger partial charge is 0.355 e. The van der Waals surface area contributed by atoms with E-state index in [1.165, 1.54) is 0 Å². The predicted molar refractivity (Wildman–Crippen MR) is 99.4 cm³/mol. The molecule has 1 aromatic carbocycles. The van der Waals surface area contributed by atoms with Crippen LogP contribution in [0.4, 0.5) is 0 Å². The Morgan fingerprint density at radius 3 is 2.81 bits per heavy atom. The molecule has 4 rings (SSSR count). The zero-order chi connectivity index (χ0) is 17.8. The van der Waals surface area contributed by atoms with E-state index in [2.05, 4.69) is 15.6 Å². The minimum absolute atomic E-state index is 0.232. The monoisotopic (exact) mass is 364 g/mol. The van der Waals surface area contributed by atoms with Crippen LogP contribution < -0.4 is 5.32 Å². The molecule has 3 aromatic heterocycles. The lowest BCUT2D eigenvalue weighted by molar-refractivity contribution is 0.0945. The second-order valence-electron chi connectivity index (χ2n) is 5.68. The van der Waals surface area contributed by atoms with Gasteiger partial charge in [-0.1, -0.05) is 23.4 Å². The zero-order valence-electron chi connectivity index (χ0n) is 13.8. The van der Waals surface area contributed by atoms with Crippen LogP contribution in [0.3, 0.4) is 0 Å². The SMILES string of the molecule is O=C(NCCc1ccc(-n2cccn2)cc1)c1cc(-c2cccs2)on1. The number of nitrogens with one attached hydrogen (secondary N) is 1. The summed E-state index contributed by atoms with van der Waals surface area (Å²) in [5, 5.41) is 12.9. The van der Waals surface area contributed by atoms with E-state index in [1.807, 2.05) is 54.0 Å². The molecule has 0 atom stereocenters. The summed E-state index contributed by atoms with van der Waals surface area (Å²) in [7, 11) is 0. The number of aromatic nitrogens is 3. The van der Waals surface area contributed by atoms with E-state index < -0.39 is 0 Å². The van der Waals surface area contributed by atoms with Crippen molar-refractivity contribution in [2.24, 2.45) is 0 Å². The van der Waals surface area contributed by atoms with Gasteiger partial charge in [0.1, 0.15) is 0 Å². The minimum atomic E-state index is -0.232. The third-order valence-electron chi connectivity index (χ3n) is 3.91. The Morgan fingerprint density at radius 1 is 1.19 bits per heavy atom. The second kappa shape index (κ2) is 7.37. The van der Waals surface area contributed by atoms with Gasteiger partial charge in [0.25, 0.3) is 5.91 Å². The Bertz CT molecular complexity index is 973. The molecule has 0 fully saturated rings. The first-order valence-corrected chi connectivity index (χ1v) is 9.05. The molecule has 6 nitrogen and oxygen atoms in total. The molecule has 1 amide bonds. The van der Waals surface area contributed by atoms with Crippen LogP contribution in [-0.4, -0.2) is 27.4 Å². The average molecular weight is 364 g/mol. The molecule has 4 aromatic rings. The molecule has 3 heterocycles. The molecule has 1 N–H and O–H groups in total. The summed E-state index contributed by atoms with van der Waals surface area (Å²) in [4.78, 5) is 13.1. The topological polar surface area (TPSA) is 73.0 Å². The first-order chi connectivity index (χ1) is 12.8. The van der Waals surface area contributed by atoms with Gasteiger partial charge in [-0.25, -0.2) is 4.68 Å². The number of thiophene rings is 1. The Morgan fingerprint density at radius 2 is 2.08 bits per heavy atom. The summed E-state index contributed by atoms with van der Waals surface area (Å²) in [6.45, 7) is 0.529. The molecule has 0 bridgehead atoms. The van der Waals surface area contributed by atoms with Gasteiger partial charge in [-0.3, -0.25) is 4.79 Å². The van der Waals surface area contributed by atoms with Crippen molar-refractivity contribution in [1.82, 2.24) is 20.3 Å². The highest BCUT2D eigenvalue weighted by Crippen LogP contribution is 2.25. The van der Waals surface area contributed by atoms with Crippen molar-refractivity contribution in [3.05, 3.63) is 77.6 Å². The lowest BCUT2D eigenvalue weighted by Crippen LogP contribution is -2.25. The Hall–Kier alpha value is -3.19. The van der Waals surface area contributed by atoms with Crippen LogP contribution in [0.2, 0.25) is 0 Å². The molecule has 0 aliphatic heterocycles. The van der Waals surface area contributed by atoms with Gasteiger partial charge in [0.05, 0.1) is 10.6 Å². The molecule has 0 unspecified atom stereocenters. The molecule has 130 valence electrons. The number of hydrogen-bond donors (Lipinski definition) is 1. The standard InChI is InChI=1S/C19H16N4O2S/c24-19(16-13-17(25-22-16)18-3-1-12-26-18)20-10-8-14-4-6-15(7-5-14)23-11-2-9-21-23/h1-7,9,11-13H,8,10H2,(H,20,24). The van der Waals surface area contributed by atoms with Crippen molar-refractivity contribution >= 4 is 17.2 Å². The summed E-state index contributed by atoms with van der Waals surface area (Å²) < 4.78 is 7.04. The molecular formula is C19H16N4O2S. The second-order valence-corrected chi connectivity index (χ2v) is 6.62. The number of benzene rings is 1. The van der Waals surface area contributed by atoms with E-state index in [9.17, 15) is 4.79 Å². The summed E-state index contributed by atoms with van der Waals surface area (Å²) in [6.07, 6.45) is 4.38. The lowest BCUT2D eigenvalue weighted by atomic mass is 10.1. The Kier molecular flexibility index (Phi) is 4.61. The molecule has 0 saturated heterocycles. The third-order valence-corrected chi connectivity index (χ3v) is 4.80. The molecule has 7 heteroatoms. The first kappa shape index (κ1) is 16.3. The van der Waals surface area contributed by atoms with Gasteiger partial charge in [0.15, 0.2) is 11.5 Å². The summed E-state index contributed by atoms with van der Waals surface area (Å²) in [6, 6.07) is 15.5. The summed E-state index contributed by atoms with van der Waals surface area (Å²) in [5.41, 5.74) is 2.44. The van der Waals surface area contributed by atoms with E-state index >= 15 is 0 Å². The fourth-order valence-electron chi connectivity index (χ4n) is 2.56. The van der Waals surface area contributed by atoms with Gasteiger partial charge in [-0.2, -0.15) is 5.10 Å². The fraction of sp³-hybridized carbons (Fsp3) is 0.105. The van der Waals surface area contributed by atoms with Crippen molar-refractivity contribution in [3.63, 3.8) is 0 Å². The molecule has 0 radical (unpaired) electrons. The van der Waals surface area contributed by atoms with Crippen LogP contribution in [0.5, 0.6) is 0 Å². The number of hydrogen-bond acceptors (Lipinski definition) is 5. The van der Waals surface area contributed by atoms with Crippen LogP contribution >= 0.6 is 11.3 Å². The highest BCUT2D eigenvalue weighted by Gasteiger charge is 2.13. The summed E-state index contributed by atoms with van der Waals surface area (Å²) in [5.74, 6) is 0.379. The highest BCUT2D eigenvalue weighted by molar-refractivity contribution is 7.13. The number of amides is 1. The number of rotatable bonds is 6. The molecule has 26 heavy (non-hydrogen) atoms. The van der Waals surface area contributed by atoms with E-state index in [1.54, 1.807) is 28.3 Å². The number of nitrogens with zero attached hydrogens (tertiary/aromatic N) is 3. The first-order valence-electron chi connectivity index (χ1n) is 8.17. The van der Waals surface area contributed by atoms with E-state index in [0.29, 0.717) is 18.0 Å². The molecular weight excluding hydrogens is 348 g/mol. The van der Waals surface area contributed by atoms with Crippen molar-refractivity contribution in [2.45, 2.75) is 6.42 Å². The van der Waals surface area contributed by atoms with Gasteiger partial charge < -0.3 is 9.84 Å². The minimum Gasteiger partial charge on any atom is -0.355 e. The van der Waals surface area contributed by atoms with E-state index in [0.717, 1.165) is 22.5 Å². The highest BCUT2D eigenvalue weighted by atomic mass is 32.1. The normalized spacial score (nSPS) is 10.8. The maximum atomic E-state index is 12.2. The molecule has 0 saturated carbocycles. The van der Waals surface area contributed by atoms with E-state index in [-0.39, 0.29) is 5.91 Å². The van der Waals surface area contributed by atoms with Crippen LogP contribution in [-0.2, 0) is 6.42 Å². The summed E-state index contributed by atoms with van der Waals surface area (Å²) >= 11 is 1.54. The van der Waals surface area contributed by atoms with Crippen LogP contribution in [0, 0.1) is 0 Å². The zero-order valence-corrected chi connectivity index (χ0v) is 14.6. The number of carbonyl (C=O) groups is 1. The van der Waals surface area contributed by atoms with Crippen LogP contribution in [0.1, 0.15) is 16.1 Å².